The Balaban J connectivity index is 1.19. The van der Waals surface area contributed by atoms with Crippen molar-refractivity contribution in [2.75, 3.05) is 26.2 Å². The van der Waals surface area contributed by atoms with E-state index in [0.29, 0.717) is 36.5 Å². The summed E-state index contributed by atoms with van der Waals surface area (Å²) in [7, 11) is 0. The van der Waals surface area contributed by atoms with Gasteiger partial charge in [-0.2, -0.15) is 0 Å². The average Bonchev–Trinajstić information content (AvgIpc) is 3.71. The zero-order chi connectivity index (χ0) is 25.5. The van der Waals surface area contributed by atoms with E-state index in [-0.39, 0.29) is 11.3 Å². The molecule has 0 radical (unpaired) electrons. The Morgan fingerprint density at radius 2 is 1.82 bits per heavy atom. The summed E-state index contributed by atoms with van der Waals surface area (Å²) in [6.45, 7) is 3.39. The van der Waals surface area contributed by atoms with E-state index in [4.69, 9.17) is 9.47 Å². The lowest BCUT2D eigenvalue weighted by molar-refractivity contribution is -0.640. The number of likely N-dealkylation sites (tertiary alicyclic amines) is 1. The number of quaternary nitrogens is 1. The molecule has 1 spiro atoms. The van der Waals surface area contributed by atoms with E-state index in [1.807, 2.05) is 0 Å². The predicted octanol–water partition coefficient (Wildman–Crippen LogP) is 4.80. The van der Waals surface area contributed by atoms with Crippen molar-refractivity contribution in [1.82, 2.24) is 4.90 Å². The highest BCUT2D eigenvalue weighted by Gasteiger charge is 2.56. The Bertz CT molecular complexity index is 1140. The number of nitrogens with two attached hydrogens (primary N) is 1. The van der Waals surface area contributed by atoms with Gasteiger partial charge in [0.1, 0.15) is 5.92 Å². The van der Waals surface area contributed by atoms with E-state index in [9.17, 15) is 4.79 Å². The minimum atomic E-state index is -0.166. The number of nitrogens with zero attached hydrogens (tertiary/aromatic N) is 1. The number of carbonyl (C=O) groups excluding carboxylic acids is 1. The fourth-order valence-corrected chi connectivity index (χ4v) is 8.24. The molecule has 2 aromatic carbocycles. The van der Waals surface area contributed by atoms with E-state index >= 15 is 0 Å². The van der Waals surface area contributed by atoms with Crippen LogP contribution in [0.5, 0.6) is 11.5 Å². The largest absolute Gasteiger partial charge is 0.489 e. The van der Waals surface area contributed by atoms with Crippen LogP contribution in [0.2, 0.25) is 0 Å². The Morgan fingerprint density at radius 1 is 0.974 bits per heavy atom. The van der Waals surface area contributed by atoms with Crippen LogP contribution in [0.15, 0.2) is 48.5 Å². The summed E-state index contributed by atoms with van der Waals surface area (Å²) in [6.07, 6.45) is 12.2. The van der Waals surface area contributed by atoms with Crippen molar-refractivity contribution >= 4 is 5.91 Å². The third kappa shape index (κ3) is 4.41. The highest BCUT2D eigenvalue weighted by Crippen LogP contribution is 2.50. The van der Waals surface area contributed by atoms with Gasteiger partial charge in [-0.15, -0.1) is 0 Å². The summed E-state index contributed by atoms with van der Waals surface area (Å²) in [6, 6.07) is 17.8. The summed E-state index contributed by atoms with van der Waals surface area (Å²) < 4.78 is 12.5. The van der Waals surface area contributed by atoms with Crippen molar-refractivity contribution in [3.63, 3.8) is 0 Å². The second-order valence-electron chi connectivity index (χ2n) is 12.6. The molecule has 5 aliphatic rings. The quantitative estimate of drug-likeness (QED) is 0.623. The SMILES string of the molecule is O=C(C1C[NH2+]C[C@]12CCOc1c(OC3CC3)cccc12)N1CC[C@@H](c2ccccc2)C[C@H]1C1CCCCC1. The number of piperidine rings is 1. The second-order valence-corrected chi connectivity index (χ2v) is 12.6. The summed E-state index contributed by atoms with van der Waals surface area (Å²) in [4.78, 5) is 17.1. The number of hydrogen-bond donors (Lipinski definition) is 1. The third-order valence-corrected chi connectivity index (χ3v) is 10.4. The molecule has 7 rings (SSSR count). The van der Waals surface area contributed by atoms with Crippen LogP contribution in [0.1, 0.15) is 81.3 Å². The maximum Gasteiger partial charge on any atom is 0.232 e. The van der Waals surface area contributed by atoms with Gasteiger partial charge in [0.15, 0.2) is 11.5 Å². The highest BCUT2D eigenvalue weighted by molar-refractivity contribution is 5.82. The van der Waals surface area contributed by atoms with Gasteiger partial charge in [-0.05, 0) is 68.4 Å². The van der Waals surface area contributed by atoms with Crippen LogP contribution in [0, 0.1) is 11.8 Å². The number of hydrogen-bond acceptors (Lipinski definition) is 3. The second kappa shape index (κ2) is 10.2. The Kier molecular flexibility index (Phi) is 6.59. The molecule has 0 bridgehead atoms. The number of para-hydroxylation sites is 1. The monoisotopic (exact) mass is 515 g/mol. The topological polar surface area (TPSA) is 55.4 Å². The van der Waals surface area contributed by atoms with Gasteiger partial charge in [0.2, 0.25) is 5.91 Å². The molecular formula is C33H43N2O3+. The van der Waals surface area contributed by atoms with Crippen LogP contribution in [0.4, 0.5) is 0 Å². The Hall–Kier alpha value is -2.53. The maximum absolute atomic E-state index is 14.7. The summed E-state index contributed by atoms with van der Waals surface area (Å²) in [5.41, 5.74) is 2.50. The molecule has 2 aromatic rings. The van der Waals surface area contributed by atoms with Crippen LogP contribution in [0.25, 0.3) is 0 Å². The third-order valence-electron chi connectivity index (χ3n) is 10.4. The number of fused-ring (bicyclic) bond motifs is 2. The van der Waals surface area contributed by atoms with Crippen LogP contribution < -0.4 is 14.8 Å². The molecule has 4 fully saturated rings. The van der Waals surface area contributed by atoms with Crippen molar-refractivity contribution in [2.24, 2.45) is 11.8 Å². The van der Waals surface area contributed by atoms with E-state index in [2.05, 4.69) is 58.7 Å². The van der Waals surface area contributed by atoms with Crippen LogP contribution in [-0.4, -0.2) is 49.2 Å². The standard InChI is InChI=1S/C33H42N2O3/c36-32(35-18-16-25(23-8-3-1-4-9-23)20-29(35)24-10-5-2-6-11-24)28-21-34-22-33(28)17-19-37-31-27(33)12-7-13-30(31)38-26-14-15-26/h1,3-4,7-9,12-13,24-26,28-29,34H,2,5-6,10-11,14-22H2/p+1/t25-,28?,29+,33+/m1/s1. The first-order chi connectivity index (χ1) is 18.7. The van der Waals surface area contributed by atoms with Gasteiger partial charge in [0, 0.05) is 18.2 Å². The van der Waals surface area contributed by atoms with Crippen LogP contribution >= 0.6 is 0 Å². The van der Waals surface area contributed by atoms with E-state index in [1.54, 1.807) is 0 Å². The molecule has 3 aliphatic heterocycles. The Morgan fingerprint density at radius 3 is 2.63 bits per heavy atom. The number of benzene rings is 2. The first kappa shape index (κ1) is 24.5. The summed E-state index contributed by atoms with van der Waals surface area (Å²) in [5, 5.41) is 2.39. The highest BCUT2D eigenvalue weighted by atomic mass is 16.5. The molecule has 2 N–H and O–H groups in total. The normalized spacial score (nSPS) is 31.6. The molecule has 4 atom stereocenters. The van der Waals surface area contributed by atoms with Crippen LogP contribution in [0.3, 0.4) is 0 Å². The van der Waals surface area contributed by atoms with Crippen molar-refractivity contribution in [1.29, 1.82) is 0 Å². The zero-order valence-corrected chi connectivity index (χ0v) is 22.7. The molecule has 3 heterocycles. The lowest BCUT2D eigenvalue weighted by atomic mass is 9.67. The zero-order valence-electron chi connectivity index (χ0n) is 22.7. The Labute approximate surface area is 227 Å². The van der Waals surface area contributed by atoms with Gasteiger partial charge in [-0.25, -0.2) is 0 Å². The molecule has 2 aliphatic carbocycles. The molecule has 2 saturated heterocycles. The molecule has 202 valence electrons. The van der Waals surface area contributed by atoms with Crippen molar-refractivity contribution in [3.05, 3.63) is 59.7 Å². The molecule has 5 nitrogen and oxygen atoms in total. The molecule has 1 amide bonds. The van der Waals surface area contributed by atoms with Gasteiger partial charge < -0.3 is 19.7 Å². The first-order valence-electron chi connectivity index (χ1n) is 15.3. The van der Waals surface area contributed by atoms with E-state index < -0.39 is 0 Å². The van der Waals surface area contributed by atoms with E-state index in [0.717, 1.165) is 63.2 Å². The minimum Gasteiger partial charge on any atom is -0.489 e. The van der Waals surface area contributed by atoms with Crippen molar-refractivity contribution < 1.29 is 19.6 Å². The van der Waals surface area contributed by atoms with Gasteiger partial charge in [0.05, 0.1) is 31.2 Å². The molecule has 5 heteroatoms. The van der Waals surface area contributed by atoms with Gasteiger partial charge in [-0.1, -0.05) is 61.7 Å². The molecule has 2 saturated carbocycles. The number of rotatable bonds is 5. The number of amides is 1. The van der Waals surface area contributed by atoms with Crippen molar-refractivity contribution in [3.8, 4) is 11.5 Å². The van der Waals surface area contributed by atoms with E-state index in [1.165, 1.54) is 43.2 Å². The summed E-state index contributed by atoms with van der Waals surface area (Å²) >= 11 is 0. The van der Waals surface area contributed by atoms with Crippen molar-refractivity contribution in [2.45, 2.75) is 87.7 Å². The maximum atomic E-state index is 14.7. The number of ether oxygens (including phenoxy) is 2. The molecule has 0 aromatic heterocycles. The van der Waals surface area contributed by atoms with Crippen LogP contribution in [-0.2, 0) is 10.2 Å². The lowest BCUT2D eigenvalue weighted by Crippen LogP contribution is -2.82. The smallest absolute Gasteiger partial charge is 0.232 e. The fourth-order valence-electron chi connectivity index (χ4n) is 8.24. The average molecular weight is 516 g/mol. The lowest BCUT2D eigenvalue weighted by Gasteiger charge is -2.47. The first-order valence-corrected chi connectivity index (χ1v) is 15.3. The predicted molar refractivity (Wildman–Crippen MR) is 148 cm³/mol. The molecule has 38 heavy (non-hydrogen) atoms. The minimum absolute atomic E-state index is 0.000640. The summed E-state index contributed by atoms with van der Waals surface area (Å²) in [5.74, 6) is 3.39. The molecule has 1 unspecified atom stereocenters. The van der Waals surface area contributed by atoms with Gasteiger partial charge in [0.25, 0.3) is 0 Å². The molecular weight excluding hydrogens is 472 g/mol. The van der Waals surface area contributed by atoms with Gasteiger partial charge in [-0.3, -0.25) is 4.79 Å². The fraction of sp³-hybridized carbons (Fsp3) is 0.606. The van der Waals surface area contributed by atoms with Gasteiger partial charge >= 0.3 is 0 Å². The number of carbonyl (C=O) groups is 1.